The first-order chi connectivity index (χ1) is 11.1. The quantitative estimate of drug-likeness (QED) is 0.812. The van der Waals surface area contributed by atoms with Crippen molar-refractivity contribution in [2.45, 2.75) is 32.8 Å². The summed E-state index contributed by atoms with van der Waals surface area (Å²) in [4.78, 5) is 16.2. The number of halogens is 1. The highest BCUT2D eigenvalue weighted by Crippen LogP contribution is 2.18. The monoisotopic (exact) mass is 320 g/mol. The van der Waals surface area contributed by atoms with Gasteiger partial charge in [-0.2, -0.15) is 0 Å². The predicted octanol–water partition coefficient (Wildman–Crippen LogP) is 2.95. The van der Waals surface area contributed by atoms with Crippen molar-refractivity contribution >= 4 is 5.91 Å². The summed E-state index contributed by atoms with van der Waals surface area (Å²) in [5, 5.41) is 2.83. The number of oxazole rings is 1. The molecule has 1 aromatic carbocycles. The minimum Gasteiger partial charge on any atom is -0.444 e. The highest BCUT2D eigenvalue weighted by atomic mass is 19.1. The number of aromatic nitrogens is 1. The van der Waals surface area contributed by atoms with Crippen LogP contribution in [0.15, 0.2) is 34.9 Å². The topological polar surface area (TPSA) is 64.4 Å². The van der Waals surface area contributed by atoms with Crippen LogP contribution in [0.2, 0.25) is 0 Å². The Hall–Kier alpha value is -2.21. The normalized spacial score (nSPS) is 12.1. The molecular formula is C17H21FN2O3. The molecule has 0 aliphatic heterocycles. The van der Waals surface area contributed by atoms with Crippen LogP contribution >= 0.6 is 0 Å². The molecule has 0 radical (unpaired) electrons. The van der Waals surface area contributed by atoms with E-state index in [0.29, 0.717) is 37.4 Å². The van der Waals surface area contributed by atoms with E-state index >= 15 is 0 Å². The van der Waals surface area contributed by atoms with E-state index in [-0.39, 0.29) is 11.7 Å². The molecule has 0 aliphatic rings. The van der Waals surface area contributed by atoms with Gasteiger partial charge in [0, 0.05) is 25.1 Å². The lowest BCUT2D eigenvalue weighted by Crippen LogP contribution is -2.37. The standard InChI is InChI=1S/C17H21FN2O3/c1-3-15(22-4-2)16(21)19-10-9-14-11-23-17(20-14)12-5-7-13(18)8-6-12/h5-8,11,15H,3-4,9-10H2,1-2H3,(H,19,21)/t15-/m0/s1. The lowest BCUT2D eigenvalue weighted by atomic mass is 10.2. The minimum absolute atomic E-state index is 0.114. The molecule has 1 aromatic heterocycles. The van der Waals surface area contributed by atoms with Crippen molar-refractivity contribution < 1.29 is 18.3 Å². The Bertz CT molecular complexity index is 625. The molecule has 0 aliphatic carbocycles. The number of nitrogens with zero attached hydrogens (tertiary/aromatic N) is 1. The van der Waals surface area contributed by atoms with Crippen LogP contribution in [-0.4, -0.2) is 30.1 Å². The fraction of sp³-hybridized carbons (Fsp3) is 0.412. The van der Waals surface area contributed by atoms with Crippen molar-refractivity contribution in [3.63, 3.8) is 0 Å². The lowest BCUT2D eigenvalue weighted by Gasteiger charge is -2.14. The summed E-state index contributed by atoms with van der Waals surface area (Å²) >= 11 is 0. The van der Waals surface area contributed by atoms with Gasteiger partial charge in [0.1, 0.15) is 18.2 Å². The van der Waals surface area contributed by atoms with Crippen LogP contribution in [0, 0.1) is 5.82 Å². The Morgan fingerprint density at radius 2 is 2.09 bits per heavy atom. The van der Waals surface area contributed by atoms with Crippen LogP contribution in [0.1, 0.15) is 26.0 Å². The van der Waals surface area contributed by atoms with Crippen LogP contribution in [0.3, 0.4) is 0 Å². The summed E-state index contributed by atoms with van der Waals surface area (Å²) < 4.78 is 23.6. The second kappa shape index (κ2) is 8.43. The summed E-state index contributed by atoms with van der Waals surface area (Å²) in [5.74, 6) is 0.0201. The number of hydrogen-bond donors (Lipinski definition) is 1. The first-order valence-electron chi connectivity index (χ1n) is 7.73. The molecule has 2 aromatic rings. The Kier molecular flexibility index (Phi) is 6.29. The van der Waals surface area contributed by atoms with Crippen molar-refractivity contribution in [3.8, 4) is 11.5 Å². The number of amides is 1. The largest absolute Gasteiger partial charge is 0.444 e. The van der Waals surface area contributed by atoms with Crippen LogP contribution in [0.5, 0.6) is 0 Å². The number of benzene rings is 1. The summed E-state index contributed by atoms with van der Waals surface area (Å²) in [5.41, 5.74) is 1.44. The molecule has 1 amide bonds. The molecule has 1 heterocycles. The van der Waals surface area contributed by atoms with E-state index in [2.05, 4.69) is 10.3 Å². The lowest BCUT2D eigenvalue weighted by molar-refractivity contribution is -0.132. The Labute approximate surface area is 134 Å². The van der Waals surface area contributed by atoms with E-state index in [1.54, 1.807) is 18.4 Å². The second-order valence-electron chi connectivity index (χ2n) is 5.04. The van der Waals surface area contributed by atoms with Gasteiger partial charge in [0.2, 0.25) is 11.8 Å². The third-order valence-electron chi connectivity index (χ3n) is 3.35. The van der Waals surface area contributed by atoms with E-state index in [4.69, 9.17) is 9.15 Å². The van der Waals surface area contributed by atoms with Gasteiger partial charge in [-0.05, 0) is 37.6 Å². The maximum atomic E-state index is 12.9. The van der Waals surface area contributed by atoms with E-state index in [1.807, 2.05) is 13.8 Å². The van der Waals surface area contributed by atoms with Crippen molar-refractivity contribution in [2.24, 2.45) is 0 Å². The number of rotatable bonds is 8. The average Bonchev–Trinajstić information content (AvgIpc) is 3.02. The SMILES string of the molecule is CCO[C@@H](CC)C(=O)NCCc1coc(-c2ccc(F)cc2)n1. The van der Waals surface area contributed by atoms with Crippen molar-refractivity contribution in [3.05, 3.63) is 42.0 Å². The fourth-order valence-corrected chi connectivity index (χ4v) is 2.15. The third kappa shape index (κ3) is 4.89. The first-order valence-corrected chi connectivity index (χ1v) is 7.73. The average molecular weight is 320 g/mol. The molecule has 0 fully saturated rings. The molecule has 2 rings (SSSR count). The maximum absolute atomic E-state index is 12.9. The van der Waals surface area contributed by atoms with Crippen LogP contribution < -0.4 is 5.32 Å². The number of carbonyl (C=O) groups is 1. The number of hydrogen-bond acceptors (Lipinski definition) is 4. The molecule has 5 nitrogen and oxygen atoms in total. The molecule has 124 valence electrons. The third-order valence-corrected chi connectivity index (χ3v) is 3.35. The summed E-state index contributed by atoms with van der Waals surface area (Å²) in [6.07, 6.45) is 2.33. The molecule has 1 atom stereocenters. The van der Waals surface area contributed by atoms with Gasteiger partial charge in [-0.1, -0.05) is 6.92 Å². The minimum atomic E-state index is -0.410. The van der Waals surface area contributed by atoms with Crippen molar-refractivity contribution in [2.75, 3.05) is 13.2 Å². The van der Waals surface area contributed by atoms with Gasteiger partial charge in [-0.15, -0.1) is 0 Å². The molecular weight excluding hydrogens is 299 g/mol. The molecule has 0 bridgehead atoms. The molecule has 0 saturated carbocycles. The second-order valence-corrected chi connectivity index (χ2v) is 5.04. The molecule has 23 heavy (non-hydrogen) atoms. The van der Waals surface area contributed by atoms with Gasteiger partial charge in [0.05, 0.1) is 5.69 Å². The zero-order chi connectivity index (χ0) is 16.7. The first kappa shape index (κ1) is 17.1. The molecule has 0 spiro atoms. The predicted molar refractivity (Wildman–Crippen MR) is 84.3 cm³/mol. The van der Waals surface area contributed by atoms with Crippen LogP contribution in [0.4, 0.5) is 4.39 Å². The summed E-state index contributed by atoms with van der Waals surface area (Å²) in [6, 6.07) is 5.94. The number of nitrogens with one attached hydrogen (secondary N) is 1. The van der Waals surface area contributed by atoms with E-state index in [1.165, 1.54) is 12.1 Å². The molecule has 0 saturated heterocycles. The fourth-order valence-electron chi connectivity index (χ4n) is 2.15. The van der Waals surface area contributed by atoms with Crippen molar-refractivity contribution in [1.29, 1.82) is 0 Å². The Morgan fingerprint density at radius 1 is 1.35 bits per heavy atom. The van der Waals surface area contributed by atoms with Gasteiger partial charge in [0.15, 0.2) is 0 Å². The summed E-state index contributed by atoms with van der Waals surface area (Å²) in [7, 11) is 0. The molecule has 1 N–H and O–H groups in total. The van der Waals surface area contributed by atoms with Gasteiger partial charge < -0.3 is 14.5 Å². The van der Waals surface area contributed by atoms with E-state index < -0.39 is 6.10 Å². The highest BCUT2D eigenvalue weighted by Gasteiger charge is 2.15. The Balaban J connectivity index is 1.85. The summed E-state index contributed by atoms with van der Waals surface area (Å²) in [6.45, 7) is 4.74. The van der Waals surface area contributed by atoms with Gasteiger partial charge in [-0.3, -0.25) is 4.79 Å². The van der Waals surface area contributed by atoms with Crippen LogP contribution in [0.25, 0.3) is 11.5 Å². The maximum Gasteiger partial charge on any atom is 0.249 e. The van der Waals surface area contributed by atoms with E-state index in [0.717, 1.165) is 5.69 Å². The van der Waals surface area contributed by atoms with Gasteiger partial charge in [0.25, 0.3) is 0 Å². The number of ether oxygens (including phenoxy) is 1. The Morgan fingerprint density at radius 3 is 2.74 bits per heavy atom. The zero-order valence-corrected chi connectivity index (χ0v) is 13.3. The highest BCUT2D eigenvalue weighted by molar-refractivity contribution is 5.80. The molecule has 6 heteroatoms. The van der Waals surface area contributed by atoms with Gasteiger partial charge in [-0.25, -0.2) is 9.37 Å². The van der Waals surface area contributed by atoms with Crippen molar-refractivity contribution in [1.82, 2.24) is 10.3 Å². The van der Waals surface area contributed by atoms with Crippen LogP contribution in [-0.2, 0) is 16.0 Å². The van der Waals surface area contributed by atoms with E-state index in [9.17, 15) is 9.18 Å². The van der Waals surface area contributed by atoms with Gasteiger partial charge >= 0.3 is 0 Å². The zero-order valence-electron chi connectivity index (χ0n) is 13.3. The number of carbonyl (C=O) groups excluding carboxylic acids is 1. The smallest absolute Gasteiger partial charge is 0.249 e. The molecule has 0 unspecified atom stereocenters.